The van der Waals surface area contributed by atoms with Crippen LogP contribution >= 0.6 is 0 Å². The van der Waals surface area contributed by atoms with Crippen molar-refractivity contribution in [1.29, 1.82) is 0 Å². The van der Waals surface area contributed by atoms with Gasteiger partial charge in [0.25, 0.3) is 11.5 Å². The van der Waals surface area contributed by atoms with Gasteiger partial charge in [-0.05, 0) is 36.8 Å². The van der Waals surface area contributed by atoms with Crippen LogP contribution < -0.4 is 15.6 Å². The number of hydrogen-bond acceptors (Lipinski definition) is 5. The average molecular weight is 375 g/mol. The lowest BCUT2D eigenvalue weighted by Crippen LogP contribution is -2.18. The van der Waals surface area contributed by atoms with Gasteiger partial charge in [0.1, 0.15) is 11.6 Å². The molecule has 0 aliphatic carbocycles. The Balaban J connectivity index is 1.73. The van der Waals surface area contributed by atoms with Gasteiger partial charge < -0.3 is 10.1 Å². The van der Waals surface area contributed by atoms with Crippen molar-refractivity contribution in [2.75, 3.05) is 12.4 Å². The first-order valence-electron chi connectivity index (χ1n) is 8.56. The number of rotatable bonds is 4. The molecule has 4 aromatic rings. The zero-order valence-electron chi connectivity index (χ0n) is 15.3. The van der Waals surface area contributed by atoms with E-state index in [4.69, 9.17) is 4.74 Å². The van der Waals surface area contributed by atoms with Crippen molar-refractivity contribution >= 4 is 17.5 Å². The lowest BCUT2D eigenvalue weighted by molar-refractivity contribution is 0.102. The first kappa shape index (κ1) is 17.5. The molecule has 2 N–H and O–H groups in total. The number of carbonyl (C=O) groups is 1. The predicted molar refractivity (Wildman–Crippen MR) is 105 cm³/mol. The maximum atomic E-state index is 12.6. The van der Waals surface area contributed by atoms with E-state index in [9.17, 15) is 9.59 Å². The number of ether oxygens (including phenoxy) is 1. The summed E-state index contributed by atoms with van der Waals surface area (Å²) in [6, 6.07) is 15.6. The first-order chi connectivity index (χ1) is 13.5. The molecule has 0 spiro atoms. The summed E-state index contributed by atoms with van der Waals surface area (Å²) in [5.41, 5.74) is 1.89. The minimum Gasteiger partial charge on any atom is -0.497 e. The van der Waals surface area contributed by atoms with Crippen LogP contribution in [0.25, 0.3) is 17.2 Å². The van der Waals surface area contributed by atoms with Crippen LogP contribution in [0.15, 0.2) is 59.4 Å². The number of nitrogens with one attached hydrogen (secondary N) is 2. The molecule has 0 unspecified atom stereocenters. The largest absolute Gasteiger partial charge is 0.497 e. The number of methoxy groups -OCH3 is 1. The van der Waals surface area contributed by atoms with Crippen LogP contribution in [0, 0.1) is 6.92 Å². The second kappa shape index (κ2) is 6.99. The summed E-state index contributed by atoms with van der Waals surface area (Å²) in [5, 5.41) is 7.18. The van der Waals surface area contributed by atoms with Crippen molar-refractivity contribution < 1.29 is 9.53 Å². The molecule has 0 bridgehead atoms. The Kier molecular flexibility index (Phi) is 4.36. The standard InChI is InChI=1S/C20H17N5O3/c1-12-5-3-4-6-15(12)18-23-20-22-17(26)11-16(25(20)24-18)21-19(27)13-7-9-14(28-2)10-8-13/h3-11H,1-2H3,(H,21,27)(H,22,23,24,26). The van der Waals surface area contributed by atoms with Gasteiger partial charge in [-0.2, -0.15) is 9.50 Å². The van der Waals surface area contributed by atoms with E-state index in [-0.39, 0.29) is 23.1 Å². The van der Waals surface area contributed by atoms with Gasteiger partial charge in [0.05, 0.1) is 7.11 Å². The number of amides is 1. The Labute approximate surface area is 159 Å². The Morgan fingerprint density at radius 1 is 1.14 bits per heavy atom. The van der Waals surface area contributed by atoms with E-state index < -0.39 is 0 Å². The van der Waals surface area contributed by atoms with Crippen molar-refractivity contribution in [2.45, 2.75) is 6.92 Å². The number of aromatic amines is 1. The molecule has 28 heavy (non-hydrogen) atoms. The minimum atomic E-state index is -0.388. The lowest BCUT2D eigenvalue weighted by atomic mass is 10.1. The molecule has 2 aromatic heterocycles. The van der Waals surface area contributed by atoms with Gasteiger partial charge in [0, 0.05) is 17.2 Å². The van der Waals surface area contributed by atoms with Crippen LogP contribution in [0.4, 0.5) is 5.82 Å². The number of H-pyrrole nitrogens is 1. The number of nitrogens with zero attached hydrogens (tertiary/aromatic N) is 3. The lowest BCUT2D eigenvalue weighted by Gasteiger charge is -2.07. The molecule has 0 radical (unpaired) electrons. The predicted octanol–water partition coefficient (Wildman–Crippen LogP) is 2.65. The topological polar surface area (TPSA) is 101 Å². The summed E-state index contributed by atoms with van der Waals surface area (Å²) in [7, 11) is 1.55. The van der Waals surface area contributed by atoms with E-state index in [2.05, 4.69) is 20.4 Å². The SMILES string of the molecule is COc1ccc(C(=O)Nc2cc(=O)[nH]c3nc(-c4ccccc4C)nn23)cc1. The molecule has 0 atom stereocenters. The van der Waals surface area contributed by atoms with E-state index in [1.165, 1.54) is 10.6 Å². The van der Waals surface area contributed by atoms with Crippen molar-refractivity contribution in [3.05, 3.63) is 76.1 Å². The van der Waals surface area contributed by atoms with E-state index in [1.54, 1.807) is 31.4 Å². The van der Waals surface area contributed by atoms with Crippen LogP contribution in [0.1, 0.15) is 15.9 Å². The third-order valence-electron chi connectivity index (χ3n) is 4.32. The molecule has 140 valence electrons. The van der Waals surface area contributed by atoms with Crippen LogP contribution in [0.3, 0.4) is 0 Å². The Hall–Kier alpha value is -3.94. The number of benzene rings is 2. The number of aryl methyl sites for hydroxylation is 1. The fourth-order valence-corrected chi connectivity index (χ4v) is 2.85. The molecule has 8 nitrogen and oxygen atoms in total. The van der Waals surface area contributed by atoms with Gasteiger partial charge in [0.15, 0.2) is 5.82 Å². The molecular formula is C20H17N5O3. The molecule has 2 aromatic carbocycles. The normalized spacial score (nSPS) is 10.8. The number of anilines is 1. The smallest absolute Gasteiger partial charge is 0.256 e. The van der Waals surface area contributed by atoms with Crippen LogP contribution in [-0.2, 0) is 0 Å². The molecule has 4 rings (SSSR count). The van der Waals surface area contributed by atoms with Gasteiger partial charge in [-0.25, -0.2) is 0 Å². The van der Waals surface area contributed by atoms with E-state index >= 15 is 0 Å². The zero-order valence-corrected chi connectivity index (χ0v) is 15.3. The Morgan fingerprint density at radius 3 is 2.61 bits per heavy atom. The Morgan fingerprint density at radius 2 is 1.89 bits per heavy atom. The minimum absolute atomic E-state index is 0.229. The number of fused-ring (bicyclic) bond motifs is 1. The second-order valence-electron chi connectivity index (χ2n) is 6.19. The first-order valence-corrected chi connectivity index (χ1v) is 8.56. The third-order valence-corrected chi connectivity index (χ3v) is 4.32. The molecular weight excluding hydrogens is 358 g/mol. The van der Waals surface area contributed by atoms with Gasteiger partial charge in [-0.1, -0.05) is 24.3 Å². The zero-order chi connectivity index (χ0) is 19.7. The Bertz CT molecular complexity index is 1220. The number of hydrogen-bond donors (Lipinski definition) is 2. The summed E-state index contributed by atoms with van der Waals surface area (Å²) in [4.78, 5) is 31.6. The number of carbonyl (C=O) groups excluding carboxylic acids is 1. The molecule has 0 aliphatic heterocycles. The summed E-state index contributed by atoms with van der Waals surface area (Å²) in [6.07, 6.45) is 0. The number of aromatic nitrogens is 4. The van der Waals surface area contributed by atoms with Crippen molar-refractivity contribution in [3.63, 3.8) is 0 Å². The molecule has 2 heterocycles. The molecule has 0 saturated heterocycles. The highest BCUT2D eigenvalue weighted by Gasteiger charge is 2.15. The maximum Gasteiger partial charge on any atom is 0.256 e. The molecule has 0 saturated carbocycles. The second-order valence-corrected chi connectivity index (χ2v) is 6.19. The van der Waals surface area contributed by atoms with Crippen molar-refractivity contribution in [1.82, 2.24) is 19.6 Å². The van der Waals surface area contributed by atoms with Crippen LogP contribution in [0.5, 0.6) is 5.75 Å². The van der Waals surface area contributed by atoms with Crippen LogP contribution in [0.2, 0.25) is 0 Å². The van der Waals surface area contributed by atoms with Crippen LogP contribution in [-0.4, -0.2) is 32.6 Å². The third kappa shape index (κ3) is 3.23. The maximum absolute atomic E-state index is 12.6. The fraction of sp³-hybridized carbons (Fsp3) is 0.100. The summed E-state index contributed by atoms with van der Waals surface area (Å²) in [5.74, 6) is 1.21. The van der Waals surface area contributed by atoms with Crippen molar-refractivity contribution in [3.8, 4) is 17.1 Å². The molecule has 0 aliphatic rings. The molecule has 8 heteroatoms. The summed E-state index contributed by atoms with van der Waals surface area (Å²) in [6.45, 7) is 1.95. The van der Waals surface area contributed by atoms with Gasteiger partial charge in [0.2, 0.25) is 5.78 Å². The van der Waals surface area contributed by atoms with Gasteiger partial charge in [-0.3, -0.25) is 14.6 Å². The van der Waals surface area contributed by atoms with E-state index in [0.717, 1.165) is 11.1 Å². The summed E-state index contributed by atoms with van der Waals surface area (Å²) < 4.78 is 6.50. The average Bonchev–Trinajstić information content (AvgIpc) is 3.12. The molecule has 0 fully saturated rings. The van der Waals surface area contributed by atoms with Gasteiger partial charge >= 0.3 is 0 Å². The highest BCUT2D eigenvalue weighted by molar-refractivity contribution is 6.03. The highest BCUT2D eigenvalue weighted by atomic mass is 16.5. The summed E-state index contributed by atoms with van der Waals surface area (Å²) >= 11 is 0. The van der Waals surface area contributed by atoms with E-state index in [0.29, 0.717) is 17.1 Å². The quantitative estimate of drug-likeness (QED) is 0.571. The van der Waals surface area contributed by atoms with Crippen molar-refractivity contribution in [2.24, 2.45) is 0 Å². The molecule has 1 amide bonds. The van der Waals surface area contributed by atoms with Gasteiger partial charge in [-0.15, -0.1) is 5.10 Å². The highest BCUT2D eigenvalue weighted by Crippen LogP contribution is 2.21. The van der Waals surface area contributed by atoms with E-state index in [1.807, 2.05) is 31.2 Å². The monoisotopic (exact) mass is 375 g/mol. The fourth-order valence-electron chi connectivity index (χ4n) is 2.85.